The van der Waals surface area contributed by atoms with Crippen LogP contribution < -0.4 is 0 Å². The minimum Gasteiger partial charge on any atom is -0.478 e. The Labute approximate surface area is 135 Å². The summed E-state index contributed by atoms with van der Waals surface area (Å²) in [6, 6.07) is 6.15. The molecule has 0 saturated heterocycles. The van der Waals surface area contributed by atoms with Gasteiger partial charge in [0.1, 0.15) is 5.60 Å². The first-order valence-electron chi connectivity index (χ1n) is 6.87. The first-order valence-corrected chi connectivity index (χ1v) is 6.87. The number of carboxylic acid groups (broad SMARTS) is 1. The molecule has 5 nitrogen and oxygen atoms in total. The molecule has 1 N–H and O–H groups in total. The lowest BCUT2D eigenvalue weighted by molar-refractivity contribution is -0.170. The highest BCUT2D eigenvalue weighted by molar-refractivity contribution is 5.91. The van der Waals surface area contributed by atoms with Gasteiger partial charge in [-0.1, -0.05) is 12.1 Å². The van der Waals surface area contributed by atoms with Crippen molar-refractivity contribution < 1.29 is 32.6 Å². The van der Waals surface area contributed by atoms with Crippen LogP contribution in [-0.4, -0.2) is 17.0 Å². The van der Waals surface area contributed by atoms with E-state index in [1.54, 1.807) is 0 Å². The molecule has 0 radical (unpaired) electrons. The highest BCUT2D eigenvalue weighted by Crippen LogP contribution is 2.49. The lowest BCUT2D eigenvalue weighted by atomic mass is 9.67. The van der Waals surface area contributed by atoms with Gasteiger partial charge in [0.05, 0.1) is 17.6 Å². The largest absolute Gasteiger partial charge is 0.478 e. The Morgan fingerprint density at radius 2 is 1.83 bits per heavy atom. The molecule has 2 rings (SSSR count). The summed E-state index contributed by atoms with van der Waals surface area (Å²) < 4.78 is 43.1. The van der Waals surface area contributed by atoms with Gasteiger partial charge >= 0.3 is 18.1 Å². The van der Waals surface area contributed by atoms with Crippen LogP contribution >= 0.6 is 0 Å². The number of halogens is 3. The molecule has 1 aromatic rings. The number of carbonyl (C=O) groups excluding carboxylic acids is 1. The Morgan fingerprint density at radius 3 is 2.29 bits per heavy atom. The fraction of sp³-hybridized carbons (Fsp3) is 0.312. The second-order valence-electron chi connectivity index (χ2n) is 5.40. The van der Waals surface area contributed by atoms with E-state index >= 15 is 0 Å². The number of nitriles is 1. The van der Waals surface area contributed by atoms with Gasteiger partial charge in [-0.2, -0.15) is 18.4 Å². The second kappa shape index (κ2) is 6.35. The van der Waals surface area contributed by atoms with E-state index in [0.717, 1.165) is 12.1 Å². The average molecular weight is 339 g/mol. The number of carboxylic acids is 1. The maximum Gasteiger partial charge on any atom is 0.416 e. The lowest BCUT2D eigenvalue weighted by Crippen LogP contribution is -2.44. The monoisotopic (exact) mass is 339 g/mol. The third kappa shape index (κ3) is 3.74. The third-order valence-electron chi connectivity index (χ3n) is 3.73. The number of rotatable bonds is 4. The Kier molecular flexibility index (Phi) is 4.64. The van der Waals surface area contributed by atoms with E-state index in [9.17, 15) is 22.8 Å². The van der Waals surface area contributed by atoms with E-state index in [1.165, 1.54) is 12.1 Å². The number of hydrogen-bond acceptors (Lipinski definition) is 4. The third-order valence-corrected chi connectivity index (χ3v) is 3.73. The van der Waals surface area contributed by atoms with Crippen LogP contribution in [0.2, 0.25) is 0 Å². The number of alkyl halides is 3. The molecule has 0 atom stereocenters. The van der Waals surface area contributed by atoms with E-state index in [0.29, 0.717) is 17.7 Å². The van der Waals surface area contributed by atoms with E-state index < -0.39 is 29.3 Å². The fourth-order valence-electron chi connectivity index (χ4n) is 2.53. The van der Waals surface area contributed by atoms with Crippen molar-refractivity contribution in [3.8, 4) is 6.07 Å². The molecule has 0 spiro atoms. The molecule has 24 heavy (non-hydrogen) atoms. The number of esters is 1. The van der Waals surface area contributed by atoms with Crippen LogP contribution in [-0.2, 0) is 26.1 Å². The van der Waals surface area contributed by atoms with Gasteiger partial charge in [0, 0.05) is 25.0 Å². The molecule has 1 aliphatic carbocycles. The summed E-state index contributed by atoms with van der Waals surface area (Å²) in [4.78, 5) is 22.1. The number of carbonyl (C=O) groups is 2. The molecule has 1 aliphatic rings. The molecule has 0 unspecified atom stereocenters. The van der Waals surface area contributed by atoms with Crippen molar-refractivity contribution in [3.63, 3.8) is 0 Å². The van der Waals surface area contributed by atoms with Crippen LogP contribution in [0.15, 0.2) is 36.4 Å². The molecule has 1 aromatic carbocycles. The van der Waals surface area contributed by atoms with Gasteiger partial charge in [0.2, 0.25) is 0 Å². The van der Waals surface area contributed by atoms with Crippen molar-refractivity contribution in [2.45, 2.75) is 24.6 Å². The van der Waals surface area contributed by atoms with Gasteiger partial charge < -0.3 is 9.84 Å². The zero-order valence-corrected chi connectivity index (χ0v) is 12.2. The van der Waals surface area contributed by atoms with Gasteiger partial charge in [0.25, 0.3) is 0 Å². The normalized spacial score (nSPS) is 23.3. The molecular weight excluding hydrogens is 327 g/mol. The van der Waals surface area contributed by atoms with Crippen LogP contribution in [0.25, 0.3) is 0 Å². The fourth-order valence-corrected chi connectivity index (χ4v) is 2.53. The maximum absolute atomic E-state index is 12.6. The van der Waals surface area contributed by atoms with Crippen molar-refractivity contribution in [1.29, 1.82) is 5.26 Å². The lowest BCUT2D eigenvalue weighted by Gasteiger charge is -2.44. The van der Waals surface area contributed by atoms with Crippen LogP contribution in [0.5, 0.6) is 0 Å². The maximum atomic E-state index is 12.6. The summed E-state index contributed by atoms with van der Waals surface area (Å²) >= 11 is 0. The predicted molar refractivity (Wildman–Crippen MR) is 74.3 cm³/mol. The zero-order valence-electron chi connectivity index (χ0n) is 12.2. The minimum atomic E-state index is -4.48. The van der Waals surface area contributed by atoms with Crippen molar-refractivity contribution in [2.75, 3.05) is 0 Å². The molecule has 0 heterocycles. The van der Waals surface area contributed by atoms with Gasteiger partial charge in [-0.15, -0.1) is 0 Å². The topological polar surface area (TPSA) is 87.4 Å². The predicted octanol–water partition coefficient (Wildman–Crippen LogP) is 3.02. The summed E-state index contributed by atoms with van der Waals surface area (Å²) in [5, 5.41) is 17.4. The Bertz CT molecular complexity index is 710. The Balaban J connectivity index is 2.24. The SMILES string of the molecule is N#CC1CC(OC(=O)/C=C/C(=O)O)(c2ccc(C(F)(F)F)cc2)C1. The van der Waals surface area contributed by atoms with Crippen LogP contribution in [0.1, 0.15) is 24.0 Å². The molecule has 0 bridgehead atoms. The van der Waals surface area contributed by atoms with Crippen molar-refractivity contribution in [2.24, 2.45) is 5.92 Å². The molecule has 126 valence electrons. The standard InChI is InChI=1S/C16H12F3NO4/c17-16(18,19)12-3-1-11(2-4-12)15(7-10(8-15)9-20)24-14(23)6-5-13(21)22/h1-6,10H,7-8H2,(H,21,22)/b6-5+. The number of hydrogen-bond donors (Lipinski definition) is 1. The highest BCUT2D eigenvalue weighted by Gasteiger charge is 2.49. The van der Waals surface area contributed by atoms with Gasteiger partial charge in [0.15, 0.2) is 0 Å². The first kappa shape index (κ1) is 17.5. The number of ether oxygens (including phenoxy) is 1. The van der Waals surface area contributed by atoms with Crippen molar-refractivity contribution >= 4 is 11.9 Å². The van der Waals surface area contributed by atoms with Crippen LogP contribution in [0, 0.1) is 17.2 Å². The van der Waals surface area contributed by atoms with Gasteiger partial charge in [-0.05, 0) is 17.7 Å². The summed E-state index contributed by atoms with van der Waals surface area (Å²) in [7, 11) is 0. The van der Waals surface area contributed by atoms with E-state index in [4.69, 9.17) is 15.1 Å². The average Bonchev–Trinajstić information content (AvgIpc) is 2.47. The van der Waals surface area contributed by atoms with Crippen molar-refractivity contribution in [3.05, 3.63) is 47.5 Å². The number of nitrogens with zero attached hydrogens (tertiary/aromatic N) is 1. The Hall–Kier alpha value is -2.82. The van der Waals surface area contributed by atoms with Crippen molar-refractivity contribution in [1.82, 2.24) is 0 Å². The first-order chi connectivity index (χ1) is 11.2. The van der Waals surface area contributed by atoms with Gasteiger partial charge in [-0.25, -0.2) is 9.59 Å². The van der Waals surface area contributed by atoms with Gasteiger partial charge in [-0.3, -0.25) is 0 Å². The molecule has 8 heteroatoms. The summed E-state index contributed by atoms with van der Waals surface area (Å²) in [5.41, 5.74) is -1.72. The van der Waals surface area contributed by atoms with E-state index in [2.05, 4.69) is 0 Å². The molecule has 0 aliphatic heterocycles. The Morgan fingerprint density at radius 1 is 1.25 bits per heavy atom. The number of aliphatic carboxylic acids is 1. The highest BCUT2D eigenvalue weighted by atomic mass is 19.4. The van der Waals surface area contributed by atoms with E-state index in [-0.39, 0.29) is 18.8 Å². The zero-order chi connectivity index (χ0) is 18.0. The second-order valence-corrected chi connectivity index (χ2v) is 5.40. The molecular formula is C16H12F3NO4. The summed E-state index contributed by atoms with van der Waals surface area (Å²) in [6.45, 7) is 0. The molecule has 1 saturated carbocycles. The molecule has 0 amide bonds. The molecule has 1 fully saturated rings. The quantitative estimate of drug-likeness (QED) is 0.673. The smallest absolute Gasteiger partial charge is 0.416 e. The van der Waals surface area contributed by atoms with Crippen LogP contribution in [0.3, 0.4) is 0 Å². The summed E-state index contributed by atoms with van der Waals surface area (Å²) in [5.74, 6) is -2.66. The minimum absolute atomic E-state index is 0.140. The van der Waals surface area contributed by atoms with Crippen LogP contribution in [0.4, 0.5) is 13.2 Å². The molecule has 0 aromatic heterocycles. The van der Waals surface area contributed by atoms with E-state index in [1.807, 2.05) is 6.07 Å². The summed E-state index contributed by atoms with van der Waals surface area (Å²) in [6.07, 6.45) is -2.89. The number of benzene rings is 1.